The number of esters is 3. The number of hydrogen-bond acceptors (Lipinski definition) is 6. The average molecular weight is 1120 g/mol. The smallest absolute Gasteiger partial charge is 0.306 e. The number of hydrogen-bond donors (Lipinski definition) is 0. The molecule has 0 saturated carbocycles. The van der Waals surface area contributed by atoms with Gasteiger partial charge in [-0.05, 0) is 122 Å². The largest absolute Gasteiger partial charge is 0.462 e. The summed E-state index contributed by atoms with van der Waals surface area (Å²) >= 11 is 0. The molecule has 0 aromatic rings. The minimum atomic E-state index is -0.791. The van der Waals surface area contributed by atoms with Crippen LogP contribution in [-0.2, 0) is 28.6 Å². The molecule has 0 aliphatic heterocycles. The van der Waals surface area contributed by atoms with Crippen LogP contribution in [0, 0.1) is 0 Å². The Balaban J connectivity index is 4.25. The molecule has 0 aromatic heterocycles. The lowest BCUT2D eigenvalue weighted by Gasteiger charge is -2.18. The number of rotatable bonds is 59. The van der Waals surface area contributed by atoms with Crippen LogP contribution in [0.15, 0.2) is 146 Å². The molecule has 458 valence electrons. The molecular weight excluding hydrogens is 997 g/mol. The Bertz CT molecular complexity index is 1760. The molecule has 0 aliphatic rings. The molecule has 6 heteroatoms. The van der Waals surface area contributed by atoms with Crippen molar-refractivity contribution in [2.75, 3.05) is 13.2 Å². The Kier molecular flexibility index (Phi) is 63.9. The van der Waals surface area contributed by atoms with Crippen molar-refractivity contribution in [3.8, 4) is 0 Å². The highest BCUT2D eigenvalue weighted by atomic mass is 16.6. The lowest BCUT2D eigenvalue weighted by Crippen LogP contribution is -2.30. The second-order valence-electron chi connectivity index (χ2n) is 21.6. The lowest BCUT2D eigenvalue weighted by atomic mass is 10.1. The van der Waals surface area contributed by atoms with Gasteiger partial charge >= 0.3 is 17.9 Å². The summed E-state index contributed by atoms with van der Waals surface area (Å²) in [5.41, 5.74) is 0. The van der Waals surface area contributed by atoms with Crippen LogP contribution in [0.2, 0.25) is 0 Å². The Labute approximate surface area is 499 Å². The molecule has 0 radical (unpaired) electrons. The van der Waals surface area contributed by atoms with Crippen molar-refractivity contribution in [3.05, 3.63) is 146 Å². The van der Waals surface area contributed by atoms with Gasteiger partial charge in [0.1, 0.15) is 13.2 Å². The van der Waals surface area contributed by atoms with Gasteiger partial charge in [-0.25, -0.2) is 0 Å². The number of carbonyl (C=O) groups excluding carboxylic acids is 3. The van der Waals surface area contributed by atoms with E-state index >= 15 is 0 Å². The zero-order chi connectivity index (χ0) is 58.5. The first kappa shape index (κ1) is 76.3. The van der Waals surface area contributed by atoms with Gasteiger partial charge in [-0.1, -0.05) is 295 Å². The second-order valence-corrected chi connectivity index (χ2v) is 21.6. The summed E-state index contributed by atoms with van der Waals surface area (Å²) in [4.78, 5) is 38.3. The molecular formula is C75H122O6. The third kappa shape index (κ3) is 66.0. The maximum absolute atomic E-state index is 12.9. The van der Waals surface area contributed by atoms with Crippen molar-refractivity contribution in [2.45, 2.75) is 297 Å². The summed E-state index contributed by atoms with van der Waals surface area (Å²) in [6, 6.07) is 0. The summed E-state index contributed by atoms with van der Waals surface area (Å²) in [5.74, 6) is -0.905. The molecule has 0 heterocycles. The summed E-state index contributed by atoms with van der Waals surface area (Å²) in [5, 5.41) is 0. The first-order valence-corrected chi connectivity index (χ1v) is 33.3. The monoisotopic (exact) mass is 1120 g/mol. The van der Waals surface area contributed by atoms with E-state index in [-0.39, 0.29) is 31.1 Å². The van der Waals surface area contributed by atoms with Gasteiger partial charge in [0.2, 0.25) is 0 Å². The van der Waals surface area contributed by atoms with Gasteiger partial charge in [0.05, 0.1) is 0 Å². The molecule has 0 rings (SSSR count). The third-order valence-corrected chi connectivity index (χ3v) is 13.8. The van der Waals surface area contributed by atoms with Crippen molar-refractivity contribution in [2.24, 2.45) is 0 Å². The zero-order valence-electron chi connectivity index (χ0n) is 52.5. The fourth-order valence-corrected chi connectivity index (χ4v) is 8.92. The Morgan fingerprint density at radius 1 is 0.259 bits per heavy atom. The SMILES string of the molecule is CC/C=C\C/C=C\C/C=C\C/C=C\C/C=C\C/C=C\C/C=C\CCCCCCCCCCCC(=O)OCC(COC(=O)CCCCCCCCCCC)OC(=O)CCCCCCCCC/C=C\C/C=C\C/C=C\C/C=C\C/C=C\CC. The topological polar surface area (TPSA) is 78.9 Å². The fraction of sp³-hybridized carbons (Fsp3) is 0.640. The molecule has 0 bridgehead atoms. The molecule has 0 aliphatic carbocycles. The van der Waals surface area contributed by atoms with Crippen molar-refractivity contribution in [1.29, 1.82) is 0 Å². The lowest BCUT2D eigenvalue weighted by molar-refractivity contribution is -0.167. The van der Waals surface area contributed by atoms with E-state index in [1.54, 1.807) is 0 Å². The maximum Gasteiger partial charge on any atom is 0.306 e. The summed E-state index contributed by atoms with van der Waals surface area (Å²) < 4.78 is 16.9. The Morgan fingerprint density at radius 2 is 0.481 bits per heavy atom. The van der Waals surface area contributed by atoms with Crippen LogP contribution < -0.4 is 0 Å². The van der Waals surface area contributed by atoms with Crippen molar-refractivity contribution in [1.82, 2.24) is 0 Å². The number of ether oxygens (including phenoxy) is 3. The van der Waals surface area contributed by atoms with E-state index in [1.165, 1.54) is 103 Å². The van der Waals surface area contributed by atoms with Gasteiger partial charge in [0.25, 0.3) is 0 Å². The first-order valence-electron chi connectivity index (χ1n) is 33.3. The van der Waals surface area contributed by atoms with Gasteiger partial charge in [-0.3, -0.25) is 14.4 Å². The second kappa shape index (κ2) is 67.8. The highest BCUT2D eigenvalue weighted by molar-refractivity contribution is 5.71. The van der Waals surface area contributed by atoms with E-state index in [0.29, 0.717) is 19.3 Å². The van der Waals surface area contributed by atoms with Crippen LogP contribution in [0.3, 0.4) is 0 Å². The van der Waals surface area contributed by atoms with Crippen molar-refractivity contribution in [3.63, 3.8) is 0 Å². The van der Waals surface area contributed by atoms with E-state index in [0.717, 1.165) is 148 Å². The molecule has 0 fully saturated rings. The van der Waals surface area contributed by atoms with Crippen LogP contribution in [-0.4, -0.2) is 37.2 Å². The molecule has 1 unspecified atom stereocenters. The third-order valence-electron chi connectivity index (χ3n) is 13.8. The minimum Gasteiger partial charge on any atom is -0.462 e. The highest BCUT2D eigenvalue weighted by Crippen LogP contribution is 2.15. The molecule has 0 amide bonds. The van der Waals surface area contributed by atoms with Gasteiger partial charge in [0, 0.05) is 19.3 Å². The summed E-state index contributed by atoms with van der Waals surface area (Å²) in [7, 11) is 0. The van der Waals surface area contributed by atoms with E-state index in [4.69, 9.17) is 14.2 Å². The van der Waals surface area contributed by atoms with Gasteiger partial charge < -0.3 is 14.2 Å². The Morgan fingerprint density at radius 3 is 0.753 bits per heavy atom. The molecule has 1 atom stereocenters. The van der Waals surface area contributed by atoms with Gasteiger partial charge in [0.15, 0.2) is 6.10 Å². The normalized spacial score (nSPS) is 13.1. The van der Waals surface area contributed by atoms with Crippen LogP contribution in [0.1, 0.15) is 290 Å². The van der Waals surface area contributed by atoms with E-state index in [2.05, 4.69) is 167 Å². The van der Waals surface area contributed by atoms with Gasteiger partial charge in [-0.15, -0.1) is 0 Å². The zero-order valence-corrected chi connectivity index (χ0v) is 52.5. The van der Waals surface area contributed by atoms with E-state index in [1.807, 2.05) is 0 Å². The van der Waals surface area contributed by atoms with Crippen molar-refractivity contribution >= 4 is 17.9 Å². The van der Waals surface area contributed by atoms with Crippen LogP contribution in [0.4, 0.5) is 0 Å². The Hall–Kier alpha value is -4.71. The van der Waals surface area contributed by atoms with Crippen molar-refractivity contribution < 1.29 is 28.6 Å². The summed E-state index contributed by atoms with van der Waals surface area (Å²) in [6.07, 6.45) is 97.2. The minimum absolute atomic E-state index is 0.0866. The molecule has 81 heavy (non-hydrogen) atoms. The quantitative estimate of drug-likeness (QED) is 0.0261. The highest BCUT2D eigenvalue weighted by Gasteiger charge is 2.19. The average Bonchev–Trinajstić information content (AvgIpc) is 3.47. The number of carbonyl (C=O) groups is 3. The summed E-state index contributed by atoms with van der Waals surface area (Å²) in [6.45, 7) is 6.39. The fourth-order valence-electron chi connectivity index (χ4n) is 8.92. The predicted molar refractivity (Wildman–Crippen MR) is 352 cm³/mol. The molecule has 6 nitrogen and oxygen atoms in total. The number of unbranched alkanes of at least 4 members (excludes halogenated alkanes) is 24. The molecule has 0 N–H and O–H groups in total. The maximum atomic E-state index is 12.9. The predicted octanol–water partition coefficient (Wildman–Crippen LogP) is 23.1. The van der Waals surface area contributed by atoms with E-state index in [9.17, 15) is 14.4 Å². The molecule has 0 spiro atoms. The first-order chi connectivity index (χ1) is 40.0. The standard InChI is InChI=1S/C75H122O6/c1-4-7-10-13-16-19-21-23-25-27-29-31-33-34-35-36-37-38-39-40-42-43-45-47-49-51-53-56-59-62-65-68-74(77)80-71-72(70-79-73(76)67-64-61-58-55-18-15-12-9-6-3)81-75(78)69-66-63-60-57-54-52-50-48-46-44-41-32-30-28-26-24-22-20-17-14-11-8-5-2/h7-8,10-11,16-17,19-20,23-26,29-32,34-35,37-38,40,42,44,46,72H,4-6,9,12-15,18,21-22,27-28,33,36,39,41,43,45,47-71H2,1-3H3/b10-7-,11-8-,19-16-,20-17-,25-23-,26-24-,31-29-,32-30-,35-34-,38-37-,42-40-,46-44-. The molecule has 0 aromatic carbocycles. The van der Waals surface area contributed by atoms with Gasteiger partial charge in [-0.2, -0.15) is 0 Å². The van der Waals surface area contributed by atoms with Crippen LogP contribution in [0.5, 0.6) is 0 Å². The van der Waals surface area contributed by atoms with E-state index < -0.39 is 6.10 Å². The van der Waals surface area contributed by atoms with Crippen LogP contribution >= 0.6 is 0 Å². The molecule has 0 saturated heterocycles. The van der Waals surface area contributed by atoms with Crippen LogP contribution in [0.25, 0.3) is 0 Å². The number of allylic oxidation sites excluding steroid dienone is 24.